The monoisotopic (exact) mass is 459 g/mol. The summed E-state index contributed by atoms with van der Waals surface area (Å²) in [6.45, 7) is 0. The number of nitrogens with zero attached hydrogens (tertiary/aromatic N) is 1. The predicted molar refractivity (Wildman–Crippen MR) is 123 cm³/mol. The van der Waals surface area contributed by atoms with Gasteiger partial charge in [0.2, 0.25) is 0 Å². The maximum atomic E-state index is 2.47. The molecule has 5 aromatic rings. The highest BCUT2D eigenvalue weighted by Crippen LogP contribution is 2.37. The average Bonchev–Trinajstić information content (AvgIpc) is 3.08. The zero-order valence-electron chi connectivity index (χ0n) is 14.8. The molecule has 0 radical (unpaired) electrons. The number of para-hydroxylation sites is 2. The highest BCUT2D eigenvalue weighted by atomic mass is 127. The van der Waals surface area contributed by atoms with E-state index in [1.54, 1.807) is 0 Å². The zero-order valence-corrected chi connectivity index (χ0v) is 16.9. The fourth-order valence-corrected chi connectivity index (χ4v) is 4.65. The van der Waals surface area contributed by atoms with Gasteiger partial charge in [0.1, 0.15) is 0 Å². The van der Waals surface area contributed by atoms with Crippen LogP contribution in [0.1, 0.15) is 11.1 Å². The number of aromatic nitrogens is 1. The van der Waals surface area contributed by atoms with Gasteiger partial charge in [-0.3, -0.25) is 0 Å². The van der Waals surface area contributed by atoms with E-state index in [-0.39, 0.29) is 0 Å². The first kappa shape index (κ1) is 16.6. The third-order valence-electron chi connectivity index (χ3n) is 5.10. The molecule has 5 rings (SSSR count). The maximum Gasteiger partial charge on any atom is 0.0587 e. The van der Waals surface area contributed by atoms with Crippen molar-refractivity contribution in [1.82, 2.24) is 4.57 Å². The van der Waals surface area contributed by atoms with Crippen molar-refractivity contribution in [2.75, 3.05) is 0 Å². The van der Waals surface area contributed by atoms with Crippen molar-refractivity contribution in [1.29, 1.82) is 0 Å². The lowest BCUT2D eigenvalue weighted by Crippen LogP contribution is -1.98. The number of fused-ring (bicyclic) bond motifs is 3. The second-order valence-electron chi connectivity index (χ2n) is 6.78. The van der Waals surface area contributed by atoms with Crippen LogP contribution >= 0.6 is 22.6 Å². The molecule has 0 aliphatic carbocycles. The second kappa shape index (κ2) is 6.86. The van der Waals surface area contributed by atoms with Crippen LogP contribution in [0.2, 0.25) is 0 Å². The average molecular weight is 459 g/mol. The molecule has 0 saturated heterocycles. The summed E-state index contributed by atoms with van der Waals surface area (Å²) in [6, 6.07) is 34.7. The first-order valence-corrected chi connectivity index (χ1v) is 10.2. The van der Waals surface area contributed by atoms with Gasteiger partial charge in [0.15, 0.2) is 0 Å². The molecule has 1 heterocycles. The van der Waals surface area contributed by atoms with E-state index in [0.29, 0.717) is 0 Å². The van der Waals surface area contributed by atoms with Gasteiger partial charge in [-0.05, 0) is 64.4 Å². The van der Waals surface area contributed by atoms with Gasteiger partial charge >= 0.3 is 0 Å². The molecule has 1 nitrogen and oxygen atoms in total. The molecule has 0 saturated carbocycles. The lowest BCUT2D eigenvalue weighted by molar-refractivity contribution is 1.13. The fraction of sp³-hybridized carbons (Fsp3) is 0.0400. The molecule has 0 spiro atoms. The van der Waals surface area contributed by atoms with E-state index >= 15 is 0 Å². The van der Waals surface area contributed by atoms with Crippen molar-refractivity contribution in [2.24, 2.45) is 0 Å². The Morgan fingerprint density at radius 2 is 1.33 bits per heavy atom. The van der Waals surface area contributed by atoms with Gasteiger partial charge in [-0.15, -0.1) is 0 Å². The molecule has 0 amide bonds. The van der Waals surface area contributed by atoms with E-state index in [1.807, 2.05) is 0 Å². The molecule has 0 bridgehead atoms. The number of benzene rings is 4. The Kier molecular flexibility index (Phi) is 4.21. The van der Waals surface area contributed by atoms with Crippen molar-refractivity contribution in [3.05, 3.63) is 112 Å². The van der Waals surface area contributed by atoms with Crippen LogP contribution in [-0.2, 0) is 6.42 Å². The van der Waals surface area contributed by atoms with Crippen LogP contribution in [0.4, 0.5) is 0 Å². The molecule has 27 heavy (non-hydrogen) atoms. The molecule has 4 aromatic carbocycles. The van der Waals surface area contributed by atoms with Gasteiger partial charge in [-0.25, -0.2) is 0 Å². The minimum atomic E-state index is 0.928. The highest BCUT2D eigenvalue weighted by molar-refractivity contribution is 14.1. The van der Waals surface area contributed by atoms with E-state index in [4.69, 9.17) is 0 Å². The summed E-state index contributed by atoms with van der Waals surface area (Å²) >= 11 is 2.47. The zero-order chi connectivity index (χ0) is 18.2. The summed E-state index contributed by atoms with van der Waals surface area (Å²) in [6.07, 6.45) is 0.928. The number of rotatable bonds is 3. The first-order chi connectivity index (χ1) is 13.3. The Hall–Kier alpha value is -2.59. The van der Waals surface area contributed by atoms with Gasteiger partial charge in [-0.2, -0.15) is 0 Å². The van der Waals surface area contributed by atoms with Crippen LogP contribution in [0.15, 0.2) is 97.1 Å². The van der Waals surface area contributed by atoms with Crippen LogP contribution in [0, 0.1) is 3.57 Å². The van der Waals surface area contributed by atoms with Crippen LogP contribution in [-0.4, -0.2) is 4.57 Å². The largest absolute Gasteiger partial charge is 0.309 e. The van der Waals surface area contributed by atoms with Crippen LogP contribution in [0.5, 0.6) is 0 Å². The summed E-state index contributed by atoms with van der Waals surface area (Å²) in [5, 5.41) is 2.67. The summed E-state index contributed by atoms with van der Waals surface area (Å²) in [4.78, 5) is 0. The Labute approximate surface area is 172 Å². The third-order valence-corrected chi connectivity index (χ3v) is 6.00. The summed E-state index contributed by atoms with van der Waals surface area (Å²) in [5.41, 5.74) is 6.48. The topological polar surface area (TPSA) is 4.93 Å². The Morgan fingerprint density at radius 3 is 2.11 bits per heavy atom. The molecular formula is C25H18IN. The van der Waals surface area contributed by atoms with Crippen molar-refractivity contribution >= 4 is 44.4 Å². The smallest absolute Gasteiger partial charge is 0.0587 e. The molecular weight excluding hydrogens is 441 g/mol. The molecule has 0 unspecified atom stereocenters. The Balaban J connectivity index is 1.89. The summed E-state index contributed by atoms with van der Waals surface area (Å²) < 4.78 is 3.72. The second-order valence-corrected chi connectivity index (χ2v) is 7.94. The van der Waals surface area contributed by atoms with Gasteiger partial charge < -0.3 is 4.57 Å². The summed E-state index contributed by atoms with van der Waals surface area (Å²) in [5.74, 6) is 0. The van der Waals surface area contributed by atoms with E-state index in [0.717, 1.165) is 6.42 Å². The van der Waals surface area contributed by atoms with Gasteiger partial charge in [-0.1, -0.05) is 72.8 Å². The molecule has 2 heteroatoms. The Bertz CT molecular complexity index is 1240. The molecule has 1 aromatic heterocycles. The van der Waals surface area contributed by atoms with E-state index in [1.165, 1.54) is 42.2 Å². The van der Waals surface area contributed by atoms with Gasteiger partial charge in [0.25, 0.3) is 0 Å². The number of hydrogen-bond acceptors (Lipinski definition) is 0. The van der Waals surface area contributed by atoms with Crippen molar-refractivity contribution in [3.63, 3.8) is 0 Å². The van der Waals surface area contributed by atoms with Crippen LogP contribution in [0.25, 0.3) is 27.5 Å². The van der Waals surface area contributed by atoms with E-state index < -0.39 is 0 Å². The lowest BCUT2D eigenvalue weighted by atomic mass is 10.0. The lowest BCUT2D eigenvalue weighted by Gasteiger charge is -2.12. The molecule has 0 N–H and O–H groups in total. The molecule has 0 aliphatic rings. The van der Waals surface area contributed by atoms with Crippen molar-refractivity contribution in [3.8, 4) is 5.69 Å². The summed E-state index contributed by atoms with van der Waals surface area (Å²) in [7, 11) is 0. The maximum absolute atomic E-state index is 2.47. The predicted octanol–water partition coefficient (Wildman–Crippen LogP) is 6.98. The molecule has 0 fully saturated rings. The quantitative estimate of drug-likeness (QED) is 0.257. The normalized spacial score (nSPS) is 11.3. The van der Waals surface area contributed by atoms with Crippen LogP contribution < -0.4 is 0 Å². The SMILES string of the molecule is Ic1ccc(Cc2ccccc2)c2c1c1ccccc1n2-c1ccccc1. The van der Waals surface area contributed by atoms with Gasteiger partial charge in [0, 0.05) is 20.0 Å². The highest BCUT2D eigenvalue weighted by Gasteiger charge is 2.17. The Morgan fingerprint density at radius 1 is 0.667 bits per heavy atom. The minimum Gasteiger partial charge on any atom is -0.309 e. The fourth-order valence-electron chi connectivity index (χ4n) is 3.93. The van der Waals surface area contributed by atoms with Gasteiger partial charge in [0.05, 0.1) is 11.0 Å². The third kappa shape index (κ3) is 2.85. The van der Waals surface area contributed by atoms with E-state index in [9.17, 15) is 0 Å². The first-order valence-electron chi connectivity index (χ1n) is 9.13. The van der Waals surface area contributed by atoms with E-state index in [2.05, 4.69) is 124 Å². The molecule has 0 aliphatic heterocycles. The number of halogens is 1. The van der Waals surface area contributed by atoms with Crippen LogP contribution in [0.3, 0.4) is 0 Å². The van der Waals surface area contributed by atoms with Crippen molar-refractivity contribution < 1.29 is 0 Å². The standard InChI is InChI=1S/C25H18IN/c26-22-16-15-19(17-18-9-3-1-4-10-18)25-24(22)21-13-7-8-14-23(21)27(25)20-11-5-2-6-12-20/h1-16H,17H2. The number of hydrogen-bond donors (Lipinski definition) is 0. The molecule has 0 atom stereocenters. The minimum absolute atomic E-state index is 0.928. The van der Waals surface area contributed by atoms with Crippen molar-refractivity contribution in [2.45, 2.75) is 6.42 Å². The molecule has 130 valence electrons.